The quantitative estimate of drug-likeness (QED) is 0.873. The van der Waals surface area contributed by atoms with E-state index in [1.54, 1.807) is 23.1 Å². The van der Waals surface area contributed by atoms with Crippen LogP contribution in [0.15, 0.2) is 24.3 Å². The Balaban J connectivity index is 2.33. The van der Waals surface area contributed by atoms with Crippen LogP contribution in [-0.4, -0.2) is 35.6 Å². The first kappa shape index (κ1) is 14.0. The van der Waals surface area contributed by atoms with E-state index >= 15 is 0 Å². The van der Waals surface area contributed by atoms with E-state index in [0.29, 0.717) is 30.1 Å². The number of anilines is 4. The highest BCUT2D eigenvalue weighted by Gasteiger charge is 2.09. The van der Waals surface area contributed by atoms with Crippen molar-refractivity contribution in [2.45, 2.75) is 6.92 Å². The Bertz CT molecular complexity index is 587. The number of aromatic nitrogens is 3. The molecule has 0 spiro atoms. The van der Waals surface area contributed by atoms with Crippen molar-refractivity contribution < 1.29 is 4.39 Å². The SMILES string of the molecule is CCNc1nc(Nc2ccccc2F)nc(N(C)C)n1. The molecule has 0 aliphatic carbocycles. The highest BCUT2D eigenvalue weighted by molar-refractivity contribution is 5.56. The number of benzene rings is 1. The molecule has 0 fully saturated rings. The van der Waals surface area contributed by atoms with Gasteiger partial charge >= 0.3 is 0 Å². The predicted octanol–water partition coefficient (Wildman–Crippen LogP) is 2.25. The van der Waals surface area contributed by atoms with E-state index in [1.165, 1.54) is 6.07 Å². The molecule has 0 radical (unpaired) electrons. The molecule has 7 heteroatoms. The maximum absolute atomic E-state index is 13.6. The third kappa shape index (κ3) is 3.31. The van der Waals surface area contributed by atoms with Gasteiger partial charge in [-0.2, -0.15) is 15.0 Å². The van der Waals surface area contributed by atoms with Crippen molar-refractivity contribution in [2.75, 3.05) is 36.2 Å². The van der Waals surface area contributed by atoms with Crippen LogP contribution in [0.2, 0.25) is 0 Å². The fourth-order valence-electron chi connectivity index (χ4n) is 1.54. The van der Waals surface area contributed by atoms with Crippen molar-refractivity contribution in [3.63, 3.8) is 0 Å². The normalized spacial score (nSPS) is 10.2. The van der Waals surface area contributed by atoms with Crippen molar-refractivity contribution >= 4 is 23.5 Å². The van der Waals surface area contributed by atoms with E-state index < -0.39 is 0 Å². The number of nitrogens with zero attached hydrogens (tertiary/aromatic N) is 4. The lowest BCUT2D eigenvalue weighted by atomic mass is 10.3. The molecule has 0 unspecified atom stereocenters. The number of rotatable bonds is 5. The molecule has 20 heavy (non-hydrogen) atoms. The Morgan fingerprint density at radius 1 is 1.10 bits per heavy atom. The monoisotopic (exact) mass is 276 g/mol. The lowest BCUT2D eigenvalue weighted by Crippen LogP contribution is -2.16. The van der Waals surface area contributed by atoms with E-state index in [9.17, 15) is 4.39 Å². The summed E-state index contributed by atoms with van der Waals surface area (Å²) in [6.07, 6.45) is 0. The van der Waals surface area contributed by atoms with E-state index in [1.807, 2.05) is 21.0 Å². The summed E-state index contributed by atoms with van der Waals surface area (Å²) in [6.45, 7) is 2.64. The van der Waals surface area contributed by atoms with Crippen LogP contribution in [0.4, 0.5) is 27.9 Å². The molecule has 0 amide bonds. The lowest BCUT2D eigenvalue weighted by molar-refractivity contribution is 0.631. The zero-order valence-corrected chi connectivity index (χ0v) is 11.7. The van der Waals surface area contributed by atoms with Gasteiger partial charge in [-0.1, -0.05) is 12.1 Å². The minimum absolute atomic E-state index is 0.296. The first-order valence-corrected chi connectivity index (χ1v) is 6.29. The number of halogens is 1. The Morgan fingerprint density at radius 3 is 2.45 bits per heavy atom. The topological polar surface area (TPSA) is 66.0 Å². The molecule has 2 aromatic rings. The smallest absolute Gasteiger partial charge is 0.233 e. The van der Waals surface area contributed by atoms with Crippen LogP contribution in [0.25, 0.3) is 0 Å². The minimum atomic E-state index is -0.357. The van der Waals surface area contributed by atoms with Gasteiger partial charge in [0.15, 0.2) is 0 Å². The first-order valence-electron chi connectivity index (χ1n) is 6.29. The average Bonchev–Trinajstić information content (AvgIpc) is 2.41. The molecule has 0 atom stereocenters. The highest BCUT2D eigenvalue weighted by atomic mass is 19.1. The van der Waals surface area contributed by atoms with Gasteiger partial charge in [0.1, 0.15) is 5.82 Å². The summed E-state index contributed by atoms with van der Waals surface area (Å²) in [5.41, 5.74) is 0.325. The molecule has 0 saturated carbocycles. The largest absolute Gasteiger partial charge is 0.354 e. The van der Waals surface area contributed by atoms with E-state index in [-0.39, 0.29) is 5.82 Å². The van der Waals surface area contributed by atoms with Gasteiger partial charge in [0.2, 0.25) is 17.8 Å². The minimum Gasteiger partial charge on any atom is -0.354 e. The van der Waals surface area contributed by atoms with Gasteiger partial charge in [-0.25, -0.2) is 4.39 Å². The molecule has 0 aliphatic heterocycles. The van der Waals surface area contributed by atoms with Gasteiger partial charge in [0.25, 0.3) is 0 Å². The highest BCUT2D eigenvalue weighted by Crippen LogP contribution is 2.19. The van der Waals surface area contributed by atoms with Crippen LogP contribution >= 0.6 is 0 Å². The molecule has 0 saturated heterocycles. The summed E-state index contributed by atoms with van der Waals surface area (Å²) in [6, 6.07) is 6.37. The van der Waals surface area contributed by atoms with Crippen molar-refractivity contribution in [3.05, 3.63) is 30.1 Å². The molecule has 6 nitrogen and oxygen atoms in total. The summed E-state index contributed by atoms with van der Waals surface area (Å²) in [5.74, 6) is 0.883. The Hall–Kier alpha value is -2.44. The Morgan fingerprint density at radius 2 is 1.80 bits per heavy atom. The van der Waals surface area contributed by atoms with Crippen LogP contribution in [0, 0.1) is 5.82 Å². The first-order chi connectivity index (χ1) is 9.60. The summed E-state index contributed by atoms with van der Waals surface area (Å²) >= 11 is 0. The molecule has 1 heterocycles. The van der Waals surface area contributed by atoms with E-state index in [2.05, 4.69) is 25.6 Å². The fourth-order valence-corrected chi connectivity index (χ4v) is 1.54. The summed E-state index contributed by atoms with van der Waals surface area (Å²) in [7, 11) is 3.66. The van der Waals surface area contributed by atoms with Crippen LogP contribution in [-0.2, 0) is 0 Å². The van der Waals surface area contributed by atoms with Crippen molar-refractivity contribution in [1.82, 2.24) is 15.0 Å². The van der Waals surface area contributed by atoms with Crippen LogP contribution < -0.4 is 15.5 Å². The van der Waals surface area contributed by atoms with Crippen molar-refractivity contribution in [2.24, 2.45) is 0 Å². The Kier molecular flexibility index (Phi) is 4.29. The maximum atomic E-state index is 13.6. The van der Waals surface area contributed by atoms with Gasteiger partial charge in [-0.3, -0.25) is 0 Å². The summed E-state index contributed by atoms with van der Waals surface area (Å²) in [5, 5.41) is 5.88. The molecule has 1 aromatic carbocycles. The molecule has 2 rings (SSSR count). The number of nitrogens with one attached hydrogen (secondary N) is 2. The third-order valence-electron chi connectivity index (χ3n) is 2.48. The second-order valence-electron chi connectivity index (χ2n) is 4.31. The molecular weight excluding hydrogens is 259 g/mol. The van der Waals surface area contributed by atoms with E-state index in [4.69, 9.17) is 0 Å². The number of para-hydroxylation sites is 1. The third-order valence-corrected chi connectivity index (χ3v) is 2.48. The second-order valence-corrected chi connectivity index (χ2v) is 4.31. The average molecular weight is 276 g/mol. The van der Waals surface area contributed by atoms with Crippen LogP contribution in [0.3, 0.4) is 0 Å². The fraction of sp³-hybridized carbons (Fsp3) is 0.308. The van der Waals surface area contributed by atoms with E-state index in [0.717, 1.165) is 0 Å². The van der Waals surface area contributed by atoms with Crippen LogP contribution in [0.5, 0.6) is 0 Å². The van der Waals surface area contributed by atoms with Crippen molar-refractivity contribution in [3.8, 4) is 0 Å². The zero-order valence-electron chi connectivity index (χ0n) is 11.7. The molecular formula is C13H17FN6. The zero-order chi connectivity index (χ0) is 14.5. The molecule has 106 valence electrons. The standard InChI is InChI=1S/C13H17FN6/c1-4-15-11-17-12(19-13(18-11)20(2)3)16-10-8-6-5-7-9(10)14/h5-8H,4H2,1-3H3,(H2,15,16,17,18,19). The second kappa shape index (κ2) is 6.14. The summed E-state index contributed by atoms with van der Waals surface area (Å²) < 4.78 is 13.6. The molecule has 1 aromatic heterocycles. The van der Waals surface area contributed by atoms with Gasteiger partial charge in [-0.05, 0) is 19.1 Å². The van der Waals surface area contributed by atoms with Crippen LogP contribution in [0.1, 0.15) is 6.92 Å². The summed E-state index contributed by atoms with van der Waals surface area (Å²) in [4.78, 5) is 14.4. The molecule has 0 aliphatic rings. The number of hydrogen-bond donors (Lipinski definition) is 2. The lowest BCUT2D eigenvalue weighted by Gasteiger charge is -2.14. The molecule has 0 bridgehead atoms. The van der Waals surface area contributed by atoms with Gasteiger partial charge < -0.3 is 15.5 Å². The maximum Gasteiger partial charge on any atom is 0.233 e. The predicted molar refractivity (Wildman–Crippen MR) is 78.0 cm³/mol. The number of hydrogen-bond acceptors (Lipinski definition) is 6. The Labute approximate surface area is 117 Å². The van der Waals surface area contributed by atoms with Gasteiger partial charge in [-0.15, -0.1) is 0 Å². The van der Waals surface area contributed by atoms with Gasteiger partial charge in [0, 0.05) is 20.6 Å². The van der Waals surface area contributed by atoms with Crippen molar-refractivity contribution in [1.29, 1.82) is 0 Å². The van der Waals surface area contributed by atoms with Gasteiger partial charge in [0.05, 0.1) is 5.69 Å². The molecule has 2 N–H and O–H groups in total.